The van der Waals surface area contributed by atoms with Crippen molar-refractivity contribution in [3.05, 3.63) is 33.9 Å². The normalized spacial score (nSPS) is 16.6. The van der Waals surface area contributed by atoms with Gasteiger partial charge in [0.1, 0.15) is 0 Å². The second-order valence-electron chi connectivity index (χ2n) is 5.29. The maximum absolute atomic E-state index is 12.3. The summed E-state index contributed by atoms with van der Waals surface area (Å²) >= 11 is 0. The summed E-state index contributed by atoms with van der Waals surface area (Å²) in [6.45, 7) is 3.64. The smallest absolute Gasteiger partial charge is 0.270 e. The number of carbonyl (C=O) groups excluding carboxylic acids is 1. The number of hydrogen-bond acceptors (Lipinski definition) is 5. The molecule has 4 N–H and O–H groups in total. The Morgan fingerprint density at radius 1 is 1.43 bits per heavy atom. The minimum absolute atomic E-state index is 0. The summed E-state index contributed by atoms with van der Waals surface area (Å²) in [4.78, 5) is 22.5. The van der Waals surface area contributed by atoms with Crippen molar-refractivity contribution in [2.75, 3.05) is 18.8 Å². The van der Waals surface area contributed by atoms with Crippen molar-refractivity contribution in [1.29, 1.82) is 0 Å². The molecule has 2 rings (SSSR count). The number of nitrogen functional groups attached to an aromatic ring is 1. The fraction of sp³-hybridized carbons (Fsp3) is 0.462. The summed E-state index contributed by atoms with van der Waals surface area (Å²) in [6.07, 6.45) is 1.63. The van der Waals surface area contributed by atoms with E-state index in [2.05, 4.69) is 10.6 Å². The zero-order chi connectivity index (χ0) is 14.8. The number of nitrogens with two attached hydrogens (primary N) is 1. The minimum atomic E-state index is -0.539. The fourth-order valence-electron chi connectivity index (χ4n) is 2.30. The van der Waals surface area contributed by atoms with Gasteiger partial charge >= 0.3 is 0 Å². The van der Waals surface area contributed by atoms with Gasteiger partial charge in [-0.15, -0.1) is 12.4 Å². The van der Waals surface area contributed by atoms with Gasteiger partial charge in [0.15, 0.2) is 0 Å². The van der Waals surface area contributed by atoms with Crippen LogP contribution in [0.25, 0.3) is 0 Å². The lowest BCUT2D eigenvalue weighted by Gasteiger charge is -2.35. The number of nitro groups is 1. The number of halogens is 1. The van der Waals surface area contributed by atoms with Crippen LogP contribution in [-0.4, -0.2) is 29.5 Å². The third kappa shape index (κ3) is 4.05. The highest BCUT2D eigenvalue weighted by molar-refractivity contribution is 6.00. The predicted molar refractivity (Wildman–Crippen MR) is 82.7 cm³/mol. The molecular formula is C13H19ClN4O3. The van der Waals surface area contributed by atoms with E-state index in [-0.39, 0.29) is 40.8 Å². The van der Waals surface area contributed by atoms with Gasteiger partial charge in [-0.1, -0.05) is 0 Å². The average Bonchev–Trinajstić information content (AvgIpc) is 2.39. The van der Waals surface area contributed by atoms with Gasteiger partial charge in [0.05, 0.1) is 10.5 Å². The van der Waals surface area contributed by atoms with Crippen LogP contribution in [0.2, 0.25) is 0 Å². The third-order valence-electron chi connectivity index (χ3n) is 3.61. The van der Waals surface area contributed by atoms with Crippen molar-refractivity contribution in [2.24, 2.45) is 0 Å². The van der Waals surface area contributed by atoms with Crippen LogP contribution in [0.1, 0.15) is 30.1 Å². The Morgan fingerprint density at radius 3 is 2.62 bits per heavy atom. The van der Waals surface area contributed by atoms with Gasteiger partial charge in [0.25, 0.3) is 11.6 Å². The van der Waals surface area contributed by atoms with Crippen LogP contribution >= 0.6 is 12.4 Å². The van der Waals surface area contributed by atoms with Crippen molar-refractivity contribution < 1.29 is 9.72 Å². The number of amides is 1. The second kappa shape index (κ2) is 6.73. The highest BCUT2D eigenvalue weighted by atomic mass is 35.5. The number of non-ortho nitro benzene ring substituents is 1. The first-order valence-corrected chi connectivity index (χ1v) is 6.48. The van der Waals surface area contributed by atoms with Gasteiger partial charge < -0.3 is 16.4 Å². The quantitative estimate of drug-likeness (QED) is 0.444. The highest BCUT2D eigenvalue weighted by Crippen LogP contribution is 2.22. The predicted octanol–water partition coefficient (Wildman–Crippen LogP) is 1.47. The maximum atomic E-state index is 12.3. The molecule has 0 atom stereocenters. The molecule has 1 fully saturated rings. The van der Waals surface area contributed by atoms with E-state index in [1.54, 1.807) is 0 Å². The Bertz CT molecular complexity index is 544. The summed E-state index contributed by atoms with van der Waals surface area (Å²) in [7, 11) is 0. The lowest BCUT2D eigenvalue weighted by molar-refractivity contribution is -0.384. The zero-order valence-corrected chi connectivity index (χ0v) is 12.5. The minimum Gasteiger partial charge on any atom is -0.398 e. The summed E-state index contributed by atoms with van der Waals surface area (Å²) in [5.41, 5.74) is 5.69. The van der Waals surface area contributed by atoms with Crippen LogP contribution in [0.3, 0.4) is 0 Å². The molecule has 1 aromatic rings. The van der Waals surface area contributed by atoms with Gasteiger partial charge in [-0.2, -0.15) is 0 Å². The summed E-state index contributed by atoms with van der Waals surface area (Å²) < 4.78 is 0. The Hall–Kier alpha value is -1.86. The topological polar surface area (TPSA) is 110 Å². The SMILES string of the molecule is CC1(NC(=O)c2cc([N+](=O)[O-])ccc2N)CCNCC1.Cl. The summed E-state index contributed by atoms with van der Waals surface area (Å²) in [5, 5.41) is 16.9. The molecule has 1 aliphatic rings. The first-order valence-electron chi connectivity index (χ1n) is 6.48. The molecular weight excluding hydrogens is 296 g/mol. The molecule has 21 heavy (non-hydrogen) atoms. The van der Waals surface area contributed by atoms with E-state index in [1.165, 1.54) is 18.2 Å². The van der Waals surface area contributed by atoms with E-state index in [4.69, 9.17) is 5.73 Å². The molecule has 1 aliphatic heterocycles. The van der Waals surface area contributed by atoms with E-state index in [0.29, 0.717) is 0 Å². The number of hydrogen-bond donors (Lipinski definition) is 3. The average molecular weight is 315 g/mol. The number of carbonyl (C=O) groups is 1. The molecule has 8 heteroatoms. The Balaban J connectivity index is 0.00000220. The van der Waals surface area contributed by atoms with Crippen LogP contribution < -0.4 is 16.4 Å². The van der Waals surface area contributed by atoms with Gasteiger partial charge in [-0.05, 0) is 38.9 Å². The van der Waals surface area contributed by atoms with Crippen LogP contribution in [-0.2, 0) is 0 Å². The number of nitrogens with one attached hydrogen (secondary N) is 2. The molecule has 1 heterocycles. The van der Waals surface area contributed by atoms with Crippen LogP contribution in [0.15, 0.2) is 18.2 Å². The molecule has 1 amide bonds. The first kappa shape index (κ1) is 17.2. The van der Waals surface area contributed by atoms with E-state index in [0.717, 1.165) is 25.9 Å². The molecule has 116 valence electrons. The molecule has 1 saturated heterocycles. The summed E-state index contributed by atoms with van der Waals surface area (Å²) in [5.74, 6) is -0.365. The Labute approximate surface area is 128 Å². The number of benzene rings is 1. The summed E-state index contributed by atoms with van der Waals surface area (Å²) in [6, 6.07) is 3.89. The number of nitro benzene ring substituents is 1. The molecule has 0 aromatic heterocycles. The maximum Gasteiger partial charge on any atom is 0.270 e. The van der Waals surface area contributed by atoms with Crippen molar-refractivity contribution >= 4 is 29.7 Å². The van der Waals surface area contributed by atoms with Gasteiger partial charge in [-0.25, -0.2) is 0 Å². The first-order chi connectivity index (χ1) is 9.41. The van der Waals surface area contributed by atoms with Crippen molar-refractivity contribution in [3.63, 3.8) is 0 Å². The lowest BCUT2D eigenvalue weighted by atomic mass is 9.90. The molecule has 7 nitrogen and oxygen atoms in total. The van der Waals surface area contributed by atoms with Gasteiger partial charge in [0.2, 0.25) is 0 Å². The standard InChI is InChI=1S/C13H18N4O3.ClH/c1-13(4-6-15-7-5-13)16-12(18)10-8-9(17(19)20)2-3-11(10)14;/h2-3,8,15H,4-7,14H2,1H3,(H,16,18);1H. The van der Waals surface area contributed by atoms with E-state index in [9.17, 15) is 14.9 Å². The zero-order valence-electron chi connectivity index (χ0n) is 11.7. The Morgan fingerprint density at radius 2 is 2.05 bits per heavy atom. The molecule has 0 spiro atoms. The molecule has 0 aliphatic carbocycles. The Kier molecular flexibility index (Phi) is 5.51. The van der Waals surface area contributed by atoms with Crippen molar-refractivity contribution in [1.82, 2.24) is 10.6 Å². The third-order valence-corrected chi connectivity index (χ3v) is 3.61. The monoisotopic (exact) mass is 314 g/mol. The van der Waals surface area contributed by atoms with Crippen LogP contribution in [0, 0.1) is 10.1 Å². The van der Waals surface area contributed by atoms with Gasteiger partial charge in [0, 0.05) is 23.4 Å². The molecule has 0 bridgehead atoms. The van der Waals surface area contributed by atoms with Crippen LogP contribution in [0.5, 0.6) is 0 Å². The largest absolute Gasteiger partial charge is 0.398 e. The second-order valence-corrected chi connectivity index (χ2v) is 5.29. The molecule has 0 saturated carbocycles. The fourth-order valence-corrected chi connectivity index (χ4v) is 2.30. The van der Waals surface area contributed by atoms with E-state index >= 15 is 0 Å². The van der Waals surface area contributed by atoms with Crippen molar-refractivity contribution in [3.8, 4) is 0 Å². The van der Waals surface area contributed by atoms with Crippen LogP contribution in [0.4, 0.5) is 11.4 Å². The molecule has 0 radical (unpaired) electrons. The number of rotatable bonds is 3. The number of nitrogens with zero attached hydrogens (tertiary/aromatic N) is 1. The van der Waals surface area contributed by atoms with Crippen molar-refractivity contribution in [2.45, 2.75) is 25.3 Å². The van der Waals surface area contributed by atoms with E-state index < -0.39 is 4.92 Å². The highest BCUT2D eigenvalue weighted by Gasteiger charge is 2.29. The molecule has 0 unspecified atom stereocenters. The van der Waals surface area contributed by atoms with Gasteiger partial charge in [-0.3, -0.25) is 14.9 Å². The van der Waals surface area contributed by atoms with E-state index in [1.807, 2.05) is 6.92 Å². The number of anilines is 1. The number of piperidine rings is 1. The molecule has 1 aromatic carbocycles. The lowest BCUT2D eigenvalue weighted by Crippen LogP contribution is -2.52.